The van der Waals surface area contributed by atoms with Crippen LogP contribution >= 0.6 is 0 Å². The SMILES string of the molecule is CCCOC(=O)c1cccc(C(=O)Nc2cccc(-c3nc(NC)nc4cc(OC)c(CO)cc34)c2)c1. The quantitative estimate of drug-likeness (QED) is 0.284. The van der Waals surface area contributed by atoms with Crippen LogP contribution in [0.3, 0.4) is 0 Å². The molecule has 0 spiro atoms. The molecule has 0 atom stereocenters. The summed E-state index contributed by atoms with van der Waals surface area (Å²) in [6.45, 7) is 2.03. The smallest absolute Gasteiger partial charge is 0.338 e. The lowest BCUT2D eigenvalue weighted by molar-refractivity contribution is 0.0505. The van der Waals surface area contributed by atoms with Crippen molar-refractivity contribution in [3.63, 3.8) is 0 Å². The topological polar surface area (TPSA) is 123 Å². The summed E-state index contributed by atoms with van der Waals surface area (Å²) in [6, 6.07) is 17.2. The zero-order valence-corrected chi connectivity index (χ0v) is 20.9. The summed E-state index contributed by atoms with van der Waals surface area (Å²) in [7, 11) is 3.27. The molecule has 3 aromatic carbocycles. The van der Waals surface area contributed by atoms with Crippen LogP contribution in [0.25, 0.3) is 22.2 Å². The number of ether oxygens (including phenoxy) is 2. The third-order valence-electron chi connectivity index (χ3n) is 5.68. The van der Waals surface area contributed by atoms with Crippen LogP contribution in [0.15, 0.2) is 60.7 Å². The first-order chi connectivity index (χ1) is 18.0. The van der Waals surface area contributed by atoms with Gasteiger partial charge in [0.05, 0.1) is 37.1 Å². The van der Waals surface area contributed by atoms with Gasteiger partial charge in [0.25, 0.3) is 5.91 Å². The van der Waals surface area contributed by atoms with Gasteiger partial charge in [-0.1, -0.05) is 25.1 Å². The minimum Gasteiger partial charge on any atom is -0.496 e. The lowest BCUT2D eigenvalue weighted by atomic mass is 10.0. The average molecular weight is 501 g/mol. The third-order valence-corrected chi connectivity index (χ3v) is 5.68. The average Bonchev–Trinajstić information content (AvgIpc) is 2.94. The number of methoxy groups -OCH3 is 1. The van der Waals surface area contributed by atoms with Gasteiger partial charge in [-0.15, -0.1) is 0 Å². The summed E-state index contributed by atoms with van der Waals surface area (Å²) in [4.78, 5) is 34.3. The van der Waals surface area contributed by atoms with E-state index < -0.39 is 5.97 Å². The van der Waals surface area contributed by atoms with Crippen LogP contribution in [0.2, 0.25) is 0 Å². The van der Waals surface area contributed by atoms with Gasteiger partial charge in [-0.05, 0) is 42.8 Å². The molecular weight excluding hydrogens is 472 g/mol. The highest BCUT2D eigenvalue weighted by Crippen LogP contribution is 2.33. The van der Waals surface area contributed by atoms with Gasteiger partial charge in [-0.25, -0.2) is 14.8 Å². The Balaban J connectivity index is 1.67. The van der Waals surface area contributed by atoms with E-state index in [1.54, 1.807) is 49.5 Å². The van der Waals surface area contributed by atoms with E-state index in [4.69, 9.17) is 9.47 Å². The number of hydrogen-bond donors (Lipinski definition) is 3. The van der Waals surface area contributed by atoms with Crippen LogP contribution in [0.1, 0.15) is 39.6 Å². The largest absolute Gasteiger partial charge is 0.496 e. The molecule has 37 heavy (non-hydrogen) atoms. The molecule has 190 valence electrons. The normalized spacial score (nSPS) is 10.7. The number of anilines is 2. The van der Waals surface area contributed by atoms with Crippen LogP contribution in [-0.2, 0) is 11.3 Å². The monoisotopic (exact) mass is 500 g/mol. The molecule has 0 saturated heterocycles. The zero-order valence-electron chi connectivity index (χ0n) is 20.9. The number of esters is 1. The van der Waals surface area contributed by atoms with Gasteiger partial charge in [0, 0.05) is 40.9 Å². The molecule has 1 aromatic heterocycles. The van der Waals surface area contributed by atoms with Crippen LogP contribution in [0.4, 0.5) is 11.6 Å². The number of aliphatic hydroxyl groups excluding tert-OH is 1. The summed E-state index contributed by atoms with van der Waals surface area (Å²) in [6.07, 6.45) is 0.717. The van der Waals surface area contributed by atoms with E-state index in [-0.39, 0.29) is 12.5 Å². The van der Waals surface area contributed by atoms with Crippen molar-refractivity contribution in [3.8, 4) is 17.0 Å². The number of nitrogens with zero attached hydrogens (tertiary/aromatic N) is 2. The highest BCUT2D eigenvalue weighted by molar-refractivity contribution is 6.06. The molecule has 9 nitrogen and oxygen atoms in total. The molecule has 4 aromatic rings. The predicted molar refractivity (Wildman–Crippen MR) is 142 cm³/mol. The van der Waals surface area contributed by atoms with Crippen molar-refractivity contribution < 1.29 is 24.2 Å². The third kappa shape index (κ3) is 5.68. The molecule has 0 unspecified atom stereocenters. The Kier molecular flexibility index (Phi) is 7.95. The van der Waals surface area contributed by atoms with Crippen LogP contribution in [-0.4, -0.2) is 47.7 Å². The van der Waals surface area contributed by atoms with E-state index >= 15 is 0 Å². The van der Waals surface area contributed by atoms with E-state index in [0.717, 1.165) is 10.9 Å². The first-order valence-electron chi connectivity index (χ1n) is 11.8. The fraction of sp³-hybridized carbons (Fsp3) is 0.214. The van der Waals surface area contributed by atoms with Gasteiger partial charge in [0.2, 0.25) is 5.95 Å². The Bertz CT molecular complexity index is 1450. The maximum absolute atomic E-state index is 13.0. The van der Waals surface area contributed by atoms with Gasteiger partial charge in [-0.3, -0.25) is 4.79 Å². The van der Waals surface area contributed by atoms with Crippen molar-refractivity contribution in [2.45, 2.75) is 20.0 Å². The Morgan fingerprint density at radius 2 is 1.78 bits per heavy atom. The van der Waals surface area contributed by atoms with E-state index in [1.165, 1.54) is 13.2 Å². The maximum Gasteiger partial charge on any atom is 0.338 e. The number of amides is 1. The Hall–Kier alpha value is -4.50. The minimum atomic E-state index is -0.464. The van der Waals surface area contributed by atoms with Crippen molar-refractivity contribution in [2.24, 2.45) is 0 Å². The molecule has 0 aliphatic carbocycles. The van der Waals surface area contributed by atoms with Crippen LogP contribution < -0.4 is 15.4 Å². The number of aliphatic hydroxyl groups is 1. The molecule has 0 radical (unpaired) electrons. The summed E-state index contributed by atoms with van der Waals surface area (Å²) in [5.74, 6) is 0.123. The number of rotatable bonds is 9. The summed E-state index contributed by atoms with van der Waals surface area (Å²) < 4.78 is 10.6. The maximum atomic E-state index is 13.0. The van der Waals surface area contributed by atoms with E-state index in [0.29, 0.717) is 58.3 Å². The van der Waals surface area contributed by atoms with E-state index in [1.807, 2.05) is 19.1 Å². The van der Waals surface area contributed by atoms with Crippen molar-refractivity contribution in [2.75, 3.05) is 31.4 Å². The number of carbonyl (C=O) groups excluding carboxylic acids is 2. The fourth-order valence-corrected chi connectivity index (χ4v) is 3.86. The lowest BCUT2D eigenvalue weighted by Crippen LogP contribution is -2.13. The molecule has 1 heterocycles. The molecule has 0 aliphatic rings. The van der Waals surface area contributed by atoms with Crippen molar-refractivity contribution in [3.05, 3.63) is 77.4 Å². The molecule has 3 N–H and O–H groups in total. The highest BCUT2D eigenvalue weighted by Gasteiger charge is 2.16. The number of hydrogen-bond acceptors (Lipinski definition) is 8. The zero-order chi connectivity index (χ0) is 26.4. The van der Waals surface area contributed by atoms with Gasteiger partial charge >= 0.3 is 5.97 Å². The number of carbonyl (C=O) groups is 2. The summed E-state index contributed by atoms with van der Waals surface area (Å²) >= 11 is 0. The fourth-order valence-electron chi connectivity index (χ4n) is 3.86. The predicted octanol–water partition coefficient (Wildman–Crippen LogP) is 4.66. The second kappa shape index (κ2) is 11.5. The molecule has 0 saturated carbocycles. The van der Waals surface area contributed by atoms with Gasteiger partial charge < -0.3 is 25.2 Å². The molecule has 4 rings (SSSR count). The number of fused-ring (bicyclic) bond motifs is 1. The minimum absolute atomic E-state index is 0.201. The Labute approximate surface area is 214 Å². The van der Waals surface area contributed by atoms with Crippen molar-refractivity contribution in [1.82, 2.24) is 9.97 Å². The van der Waals surface area contributed by atoms with E-state index in [2.05, 4.69) is 20.6 Å². The van der Waals surface area contributed by atoms with Crippen molar-refractivity contribution >= 4 is 34.4 Å². The number of benzene rings is 3. The molecule has 1 amide bonds. The highest BCUT2D eigenvalue weighted by atomic mass is 16.5. The molecule has 0 bridgehead atoms. The Morgan fingerprint density at radius 3 is 2.51 bits per heavy atom. The van der Waals surface area contributed by atoms with Crippen molar-refractivity contribution in [1.29, 1.82) is 0 Å². The molecular formula is C28H28N4O5. The number of nitrogens with one attached hydrogen (secondary N) is 2. The van der Waals surface area contributed by atoms with Gasteiger partial charge in [0.1, 0.15) is 5.75 Å². The second-order valence-electron chi connectivity index (χ2n) is 8.24. The molecule has 0 aliphatic heterocycles. The number of aromatic nitrogens is 2. The van der Waals surface area contributed by atoms with Crippen LogP contribution in [0.5, 0.6) is 5.75 Å². The molecule has 0 fully saturated rings. The Morgan fingerprint density at radius 1 is 1.00 bits per heavy atom. The standard InChI is InChI=1S/C28H28N4O5/c1-4-11-37-27(35)19-9-5-8-18(12-19)26(34)30-21-10-6-7-17(13-21)25-22-14-20(16-33)24(36-3)15-23(22)31-28(29-2)32-25/h5-10,12-15,33H,4,11,16H2,1-3H3,(H,30,34)(H,29,31,32). The van der Waals surface area contributed by atoms with Gasteiger partial charge in [0.15, 0.2) is 0 Å². The first-order valence-corrected chi connectivity index (χ1v) is 11.8. The summed E-state index contributed by atoms with van der Waals surface area (Å²) in [5.41, 5.74) is 3.83. The van der Waals surface area contributed by atoms with Crippen LogP contribution in [0, 0.1) is 0 Å². The second-order valence-corrected chi connectivity index (χ2v) is 8.24. The lowest BCUT2D eigenvalue weighted by Gasteiger charge is -2.13. The summed E-state index contributed by atoms with van der Waals surface area (Å²) in [5, 5.41) is 16.4. The van der Waals surface area contributed by atoms with Gasteiger partial charge in [-0.2, -0.15) is 0 Å². The van der Waals surface area contributed by atoms with E-state index in [9.17, 15) is 14.7 Å². The molecule has 9 heteroatoms. The first kappa shape index (κ1) is 25.6.